The summed E-state index contributed by atoms with van der Waals surface area (Å²) in [5, 5.41) is 10.2. The van der Waals surface area contributed by atoms with Gasteiger partial charge in [-0.15, -0.1) is 0 Å². The molecule has 0 radical (unpaired) electrons. The predicted molar refractivity (Wildman–Crippen MR) is 68.5 cm³/mol. The van der Waals surface area contributed by atoms with Gasteiger partial charge in [-0.25, -0.2) is 0 Å². The molecule has 2 heteroatoms. The monoisotopic (exact) mass is 234 g/mol. The van der Waals surface area contributed by atoms with E-state index in [0.717, 1.165) is 17.6 Å². The highest BCUT2D eigenvalue weighted by Crippen LogP contribution is 2.52. The van der Waals surface area contributed by atoms with E-state index >= 15 is 0 Å². The standard InChI is InChI=1S/C15H22O2/c1-9(2)13-8-15(4)10(3)5-12(16)6-11(15)7-14(13)17/h6,10,13-14,17H,1,5,7-8H2,2-4H3/t10-,13-,14+,15+/m0/s1. The van der Waals surface area contributed by atoms with Crippen LogP contribution in [0.2, 0.25) is 0 Å². The van der Waals surface area contributed by atoms with E-state index < -0.39 is 0 Å². The normalized spacial score (nSPS) is 41.8. The van der Waals surface area contributed by atoms with Gasteiger partial charge in [0.15, 0.2) is 5.78 Å². The number of aliphatic hydroxyl groups excluding tert-OH is 1. The Labute approximate surface area is 103 Å². The van der Waals surface area contributed by atoms with Gasteiger partial charge in [0.05, 0.1) is 6.10 Å². The van der Waals surface area contributed by atoms with Gasteiger partial charge < -0.3 is 5.11 Å². The molecule has 0 aromatic rings. The number of carbonyl (C=O) groups is 1. The van der Waals surface area contributed by atoms with Gasteiger partial charge in [-0.05, 0) is 37.2 Å². The Morgan fingerprint density at radius 3 is 2.76 bits per heavy atom. The van der Waals surface area contributed by atoms with Gasteiger partial charge in [0, 0.05) is 12.3 Å². The van der Waals surface area contributed by atoms with Crippen LogP contribution < -0.4 is 0 Å². The number of hydrogen-bond donors (Lipinski definition) is 1. The third-order valence-electron chi connectivity index (χ3n) is 4.83. The van der Waals surface area contributed by atoms with Crippen LogP contribution in [-0.4, -0.2) is 17.0 Å². The summed E-state index contributed by atoms with van der Waals surface area (Å²) in [7, 11) is 0. The van der Waals surface area contributed by atoms with Crippen molar-refractivity contribution in [3.63, 3.8) is 0 Å². The molecule has 17 heavy (non-hydrogen) atoms. The van der Waals surface area contributed by atoms with E-state index in [2.05, 4.69) is 20.4 Å². The zero-order chi connectivity index (χ0) is 12.8. The van der Waals surface area contributed by atoms with Crippen molar-refractivity contribution >= 4 is 5.78 Å². The first-order chi connectivity index (χ1) is 7.84. The van der Waals surface area contributed by atoms with Gasteiger partial charge >= 0.3 is 0 Å². The average molecular weight is 234 g/mol. The van der Waals surface area contributed by atoms with E-state index in [1.54, 1.807) is 6.08 Å². The van der Waals surface area contributed by atoms with E-state index in [4.69, 9.17) is 0 Å². The van der Waals surface area contributed by atoms with E-state index in [1.165, 1.54) is 0 Å². The minimum Gasteiger partial charge on any atom is -0.392 e. The molecule has 1 saturated carbocycles. The Morgan fingerprint density at radius 2 is 2.18 bits per heavy atom. The lowest BCUT2D eigenvalue weighted by Crippen LogP contribution is -2.43. The lowest BCUT2D eigenvalue weighted by atomic mass is 9.57. The maximum atomic E-state index is 11.6. The first kappa shape index (κ1) is 12.6. The minimum atomic E-state index is -0.370. The number of hydrogen-bond acceptors (Lipinski definition) is 2. The summed E-state index contributed by atoms with van der Waals surface area (Å²) in [6, 6.07) is 0. The largest absolute Gasteiger partial charge is 0.392 e. The molecule has 2 nitrogen and oxygen atoms in total. The Kier molecular flexibility index (Phi) is 3.03. The van der Waals surface area contributed by atoms with Crippen molar-refractivity contribution in [3.8, 4) is 0 Å². The molecule has 2 aliphatic carbocycles. The second-order valence-corrected chi connectivity index (χ2v) is 6.09. The first-order valence-electron chi connectivity index (χ1n) is 6.42. The van der Waals surface area contributed by atoms with Crippen molar-refractivity contribution < 1.29 is 9.90 Å². The molecule has 4 atom stereocenters. The molecule has 1 N–H and O–H groups in total. The maximum absolute atomic E-state index is 11.6. The van der Waals surface area contributed by atoms with Gasteiger partial charge in [0.25, 0.3) is 0 Å². The second kappa shape index (κ2) is 4.09. The topological polar surface area (TPSA) is 37.3 Å². The second-order valence-electron chi connectivity index (χ2n) is 6.09. The summed E-state index contributed by atoms with van der Waals surface area (Å²) < 4.78 is 0. The fourth-order valence-electron chi connectivity index (χ4n) is 3.35. The fraction of sp³-hybridized carbons (Fsp3) is 0.667. The molecule has 94 valence electrons. The van der Waals surface area contributed by atoms with Crippen LogP contribution in [0.15, 0.2) is 23.8 Å². The van der Waals surface area contributed by atoms with Crippen LogP contribution in [0.1, 0.15) is 40.0 Å². The van der Waals surface area contributed by atoms with Crippen LogP contribution in [-0.2, 0) is 4.79 Å². The molecular formula is C15H22O2. The minimum absolute atomic E-state index is 0.0662. The highest BCUT2D eigenvalue weighted by molar-refractivity contribution is 5.92. The molecule has 0 unspecified atom stereocenters. The summed E-state index contributed by atoms with van der Waals surface area (Å²) in [4.78, 5) is 11.6. The van der Waals surface area contributed by atoms with Gasteiger partial charge in [0.1, 0.15) is 0 Å². The third kappa shape index (κ3) is 1.99. The smallest absolute Gasteiger partial charge is 0.155 e. The Morgan fingerprint density at radius 1 is 1.53 bits per heavy atom. The summed E-state index contributed by atoms with van der Waals surface area (Å²) in [5.74, 6) is 0.753. The SMILES string of the molecule is C=C(C)[C@@H]1C[C@@]2(C)C(=CC(=O)C[C@@H]2C)C[C@H]1O. The predicted octanol–water partition coefficient (Wildman–Crippen LogP) is 2.88. The summed E-state index contributed by atoms with van der Waals surface area (Å²) in [5.41, 5.74) is 2.27. The van der Waals surface area contributed by atoms with Gasteiger partial charge in [0.2, 0.25) is 0 Å². The van der Waals surface area contributed by atoms with Crippen LogP contribution in [0.4, 0.5) is 0 Å². The molecular weight excluding hydrogens is 212 g/mol. The van der Waals surface area contributed by atoms with Crippen LogP contribution in [0.25, 0.3) is 0 Å². The van der Waals surface area contributed by atoms with Crippen LogP contribution in [0, 0.1) is 17.3 Å². The summed E-state index contributed by atoms with van der Waals surface area (Å²) in [6.07, 6.45) is 3.59. The lowest BCUT2D eigenvalue weighted by molar-refractivity contribution is -0.117. The summed E-state index contributed by atoms with van der Waals surface area (Å²) in [6.45, 7) is 10.4. The zero-order valence-corrected chi connectivity index (χ0v) is 11.0. The molecule has 0 aliphatic heterocycles. The highest BCUT2D eigenvalue weighted by atomic mass is 16.3. The number of carbonyl (C=O) groups excluding carboxylic acids is 1. The fourth-order valence-corrected chi connectivity index (χ4v) is 3.35. The molecule has 0 heterocycles. The number of ketones is 1. The molecule has 0 aromatic heterocycles. The highest BCUT2D eigenvalue weighted by Gasteiger charge is 2.46. The third-order valence-corrected chi connectivity index (χ3v) is 4.83. The molecule has 0 bridgehead atoms. The number of fused-ring (bicyclic) bond motifs is 1. The van der Waals surface area contributed by atoms with Crippen LogP contribution in [0.5, 0.6) is 0 Å². The molecule has 0 aromatic carbocycles. The van der Waals surface area contributed by atoms with Crippen LogP contribution in [0.3, 0.4) is 0 Å². The molecule has 2 rings (SSSR count). The Hall–Kier alpha value is -0.890. The molecule has 0 saturated heterocycles. The molecule has 0 amide bonds. The van der Waals surface area contributed by atoms with E-state index in [9.17, 15) is 9.90 Å². The van der Waals surface area contributed by atoms with Crippen molar-refractivity contribution in [1.29, 1.82) is 0 Å². The van der Waals surface area contributed by atoms with E-state index in [0.29, 0.717) is 18.8 Å². The van der Waals surface area contributed by atoms with Crippen molar-refractivity contribution in [2.75, 3.05) is 0 Å². The molecule has 2 aliphatic rings. The molecule has 1 fully saturated rings. The van der Waals surface area contributed by atoms with Crippen molar-refractivity contribution in [1.82, 2.24) is 0 Å². The number of allylic oxidation sites excluding steroid dienone is 1. The molecule has 0 spiro atoms. The Balaban J connectivity index is 2.36. The lowest BCUT2D eigenvalue weighted by Gasteiger charge is -2.48. The van der Waals surface area contributed by atoms with E-state index in [-0.39, 0.29) is 23.2 Å². The van der Waals surface area contributed by atoms with Crippen LogP contribution >= 0.6 is 0 Å². The first-order valence-corrected chi connectivity index (χ1v) is 6.42. The van der Waals surface area contributed by atoms with E-state index in [1.807, 2.05) is 6.92 Å². The van der Waals surface area contributed by atoms with Crippen molar-refractivity contribution in [2.45, 2.75) is 46.1 Å². The van der Waals surface area contributed by atoms with Crippen molar-refractivity contribution in [3.05, 3.63) is 23.8 Å². The summed E-state index contributed by atoms with van der Waals surface area (Å²) >= 11 is 0. The quantitative estimate of drug-likeness (QED) is 0.708. The Bertz CT molecular complexity index is 394. The average Bonchev–Trinajstić information content (AvgIpc) is 2.20. The van der Waals surface area contributed by atoms with Crippen molar-refractivity contribution in [2.24, 2.45) is 17.3 Å². The van der Waals surface area contributed by atoms with Gasteiger partial charge in [-0.1, -0.05) is 31.6 Å². The number of rotatable bonds is 1. The maximum Gasteiger partial charge on any atom is 0.155 e. The number of aliphatic hydroxyl groups is 1. The zero-order valence-electron chi connectivity index (χ0n) is 11.0. The van der Waals surface area contributed by atoms with Gasteiger partial charge in [-0.2, -0.15) is 0 Å². The van der Waals surface area contributed by atoms with Gasteiger partial charge in [-0.3, -0.25) is 4.79 Å².